The molecule has 3 N–H and O–H groups in total. The van der Waals surface area contributed by atoms with Gasteiger partial charge in [0.1, 0.15) is 18.2 Å². The van der Waals surface area contributed by atoms with Crippen molar-refractivity contribution in [3.05, 3.63) is 71.6 Å². The monoisotopic (exact) mass is 548 g/mol. The summed E-state index contributed by atoms with van der Waals surface area (Å²) in [6, 6.07) is 9.53. The van der Waals surface area contributed by atoms with Crippen molar-refractivity contribution in [2.45, 2.75) is 51.5 Å². The van der Waals surface area contributed by atoms with Crippen molar-refractivity contribution in [2.75, 3.05) is 38.0 Å². The smallest absolute Gasteiger partial charge is 0.251 e. The Morgan fingerprint density at radius 3 is 2.85 bits per heavy atom. The largest absolute Gasteiger partial charge is 0.486 e. The zero-order valence-corrected chi connectivity index (χ0v) is 22.9. The second-order valence-electron chi connectivity index (χ2n) is 10.8. The molecule has 2 amide bonds. The molecule has 0 bridgehead atoms. The van der Waals surface area contributed by atoms with E-state index in [-0.39, 0.29) is 24.4 Å². The fourth-order valence-electron chi connectivity index (χ4n) is 5.05. The van der Waals surface area contributed by atoms with Gasteiger partial charge in [-0.1, -0.05) is 13.0 Å². The SMILES string of the molecule is CCC(=O)N1CC(Nc2cc(C(=O)NC[C@@](C)(O)CN3CCc4cc(OCc5cnco5)ccc4C3)ccn2)C1. The minimum absolute atomic E-state index is 0.116. The van der Waals surface area contributed by atoms with Crippen molar-refractivity contribution in [3.8, 4) is 5.75 Å². The number of aromatic nitrogens is 2. The minimum Gasteiger partial charge on any atom is -0.486 e. The molecule has 2 aromatic heterocycles. The number of ether oxygens (including phenoxy) is 1. The van der Waals surface area contributed by atoms with Gasteiger partial charge in [-0.3, -0.25) is 14.5 Å². The molecular formula is C29H36N6O5. The van der Waals surface area contributed by atoms with Crippen LogP contribution in [-0.4, -0.2) is 81.1 Å². The van der Waals surface area contributed by atoms with E-state index in [9.17, 15) is 14.7 Å². The minimum atomic E-state index is -1.11. The lowest BCUT2D eigenvalue weighted by atomic mass is 9.97. The van der Waals surface area contributed by atoms with E-state index in [1.54, 1.807) is 36.4 Å². The first kappa shape index (κ1) is 27.6. The molecule has 2 aliphatic rings. The molecule has 0 radical (unpaired) electrons. The molecule has 0 saturated carbocycles. The van der Waals surface area contributed by atoms with Crippen LogP contribution in [0.5, 0.6) is 5.75 Å². The lowest BCUT2D eigenvalue weighted by molar-refractivity contribution is -0.134. The van der Waals surface area contributed by atoms with Gasteiger partial charge >= 0.3 is 0 Å². The summed E-state index contributed by atoms with van der Waals surface area (Å²) >= 11 is 0. The third-order valence-corrected chi connectivity index (χ3v) is 7.24. The highest BCUT2D eigenvalue weighted by atomic mass is 16.5. The highest BCUT2D eigenvalue weighted by Crippen LogP contribution is 2.25. The molecule has 4 heterocycles. The van der Waals surface area contributed by atoms with Crippen LogP contribution in [0.1, 0.15) is 47.5 Å². The van der Waals surface area contributed by atoms with Crippen molar-refractivity contribution in [1.82, 2.24) is 25.1 Å². The number of nitrogens with one attached hydrogen (secondary N) is 2. The van der Waals surface area contributed by atoms with Crippen molar-refractivity contribution >= 4 is 17.6 Å². The van der Waals surface area contributed by atoms with E-state index >= 15 is 0 Å². The van der Waals surface area contributed by atoms with Gasteiger partial charge in [-0.15, -0.1) is 0 Å². The van der Waals surface area contributed by atoms with E-state index in [1.807, 2.05) is 13.0 Å². The van der Waals surface area contributed by atoms with Crippen LogP contribution in [0.15, 0.2) is 53.5 Å². The molecule has 1 fully saturated rings. The van der Waals surface area contributed by atoms with Crippen LogP contribution in [-0.2, 0) is 24.4 Å². The number of anilines is 1. The quantitative estimate of drug-likeness (QED) is 0.330. The third kappa shape index (κ3) is 6.97. The van der Waals surface area contributed by atoms with Gasteiger partial charge in [-0.2, -0.15) is 0 Å². The second kappa shape index (κ2) is 12.1. The Kier molecular flexibility index (Phi) is 8.32. The molecular weight excluding hydrogens is 512 g/mol. The van der Waals surface area contributed by atoms with Crippen LogP contribution in [0.3, 0.4) is 0 Å². The van der Waals surface area contributed by atoms with Crippen LogP contribution in [0.25, 0.3) is 0 Å². The van der Waals surface area contributed by atoms with E-state index in [4.69, 9.17) is 9.15 Å². The van der Waals surface area contributed by atoms with Gasteiger partial charge < -0.3 is 29.8 Å². The fourth-order valence-corrected chi connectivity index (χ4v) is 5.05. The van der Waals surface area contributed by atoms with Gasteiger partial charge in [0.25, 0.3) is 5.91 Å². The van der Waals surface area contributed by atoms with E-state index < -0.39 is 5.60 Å². The van der Waals surface area contributed by atoms with E-state index in [2.05, 4.69) is 37.6 Å². The first-order valence-corrected chi connectivity index (χ1v) is 13.6. The van der Waals surface area contributed by atoms with Crippen molar-refractivity contribution < 1.29 is 23.8 Å². The number of fused-ring (bicyclic) bond motifs is 1. The van der Waals surface area contributed by atoms with Crippen LogP contribution in [0.2, 0.25) is 0 Å². The van der Waals surface area contributed by atoms with Crippen molar-refractivity contribution in [3.63, 3.8) is 0 Å². The number of pyridine rings is 1. The molecule has 11 nitrogen and oxygen atoms in total. The predicted molar refractivity (Wildman–Crippen MR) is 148 cm³/mol. The Hall–Kier alpha value is -3.96. The maximum atomic E-state index is 12.8. The van der Waals surface area contributed by atoms with Gasteiger partial charge in [-0.25, -0.2) is 9.97 Å². The Morgan fingerprint density at radius 2 is 2.08 bits per heavy atom. The zero-order valence-electron chi connectivity index (χ0n) is 22.9. The number of hydrogen-bond acceptors (Lipinski definition) is 9. The summed E-state index contributed by atoms with van der Waals surface area (Å²) in [5.41, 5.74) is 1.78. The summed E-state index contributed by atoms with van der Waals surface area (Å²) < 4.78 is 11.0. The molecule has 5 rings (SSSR count). The molecule has 2 aliphatic heterocycles. The highest BCUT2D eigenvalue weighted by molar-refractivity contribution is 5.94. The topological polar surface area (TPSA) is 133 Å². The third-order valence-electron chi connectivity index (χ3n) is 7.24. The number of β-amino-alcohol motifs (C(OH)–C–C–N with tert-alkyl or cyclic N) is 1. The summed E-state index contributed by atoms with van der Waals surface area (Å²) in [5, 5.41) is 17.2. The Bertz CT molecular complexity index is 1320. The number of hydrogen-bond donors (Lipinski definition) is 3. The number of aliphatic hydroxyl groups is 1. The predicted octanol–water partition coefficient (Wildman–Crippen LogP) is 2.22. The summed E-state index contributed by atoms with van der Waals surface area (Å²) in [7, 11) is 0. The highest BCUT2D eigenvalue weighted by Gasteiger charge is 2.30. The lowest BCUT2D eigenvalue weighted by Gasteiger charge is -2.39. The van der Waals surface area contributed by atoms with Crippen molar-refractivity contribution in [1.29, 1.82) is 0 Å². The molecule has 1 aromatic carbocycles. The van der Waals surface area contributed by atoms with E-state index in [0.29, 0.717) is 56.3 Å². The molecule has 3 aromatic rings. The number of oxazole rings is 1. The van der Waals surface area contributed by atoms with E-state index in [1.165, 1.54) is 17.5 Å². The van der Waals surface area contributed by atoms with Crippen molar-refractivity contribution in [2.24, 2.45) is 0 Å². The van der Waals surface area contributed by atoms with Crippen LogP contribution in [0, 0.1) is 0 Å². The number of amides is 2. The summed E-state index contributed by atoms with van der Waals surface area (Å²) in [6.07, 6.45) is 5.94. The molecule has 40 heavy (non-hydrogen) atoms. The second-order valence-corrected chi connectivity index (χ2v) is 10.8. The molecule has 1 atom stereocenters. The Balaban J connectivity index is 1.08. The molecule has 0 aliphatic carbocycles. The average Bonchev–Trinajstić information content (AvgIpc) is 3.46. The summed E-state index contributed by atoms with van der Waals surface area (Å²) in [4.78, 5) is 36.8. The molecule has 0 unspecified atom stereocenters. The first-order valence-electron chi connectivity index (χ1n) is 13.6. The van der Waals surface area contributed by atoms with Crippen LogP contribution in [0.4, 0.5) is 5.82 Å². The number of likely N-dealkylation sites (tertiary alicyclic amines) is 1. The lowest BCUT2D eigenvalue weighted by Crippen LogP contribution is -2.56. The molecule has 1 saturated heterocycles. The van der Waals surface area contributed by atoms with Gasteiger partial charge in [0.15, 0.2) is 12.2 Å². The first-order chi connectivity index (χ1) is 19.3. The van der Waals surface area contributed by atoms with Gasteiger partial charge in [0, 0.05) is 57.4 Å². The van der Waals surface area contributed by atoms with Gasteiger partial charge in [0.05, 0.1) is 17.8 Å². The number of carbonyl (C=O) groups is 2. The average molecular weight is 549 g/mol. The maximum absolute atomic E-state index is 12.8. The molecule has 0 spiro atoms. The van der Waals surface area contributed by atoms with E-state index in [0.717, 1.165) is 18.7 Å². The normalized spacial score (nSPS) is 16.9. The van der Waals surface area contributed by atoms with Gasteiger partial charge in [-0.05, 0) is 48.7 Å². The summed E-state index contributed by atoms with van der Waals surface area (Å²) in [5.74, 6) is 1.91. The van der Waals surface area contributed by atoms with Gasteiger partial charge in [0.2, 0.25) is 5.91 Å². The summed E-state index contributed by atoms with van der Waals surface area (Å²) in [6.45, 7) is 7.24. The zero-order chi connectivity index (χ0) is 28.1. The number of nitrogens with zero attached hydrogens (tertiary/aromatic N) is 4. The number of benzene rings is 1. The Morgan fingerprint density at radius 1 is 1.23 bits per heavy atom. The fraction of sp³-hybridized carbons (Fsp3) is 0.448. The Labute approximate surface area is 233 Å². The van der Waals surface area contributed by atoms with Crippen LogP contribution < -0.4 is 15.4 Å². The maximum Gasteiger partial charge on any atom is 0.251 e. The number of carbonyl (C=O) groups excluding carboxylic acids is 2. The number of rotatable bonds is 11. The standard InChI is InChI=1S/C29H36N6O5/c1-3-27(36)35-14-23(15-35)33-26-11-21(6-8-31-26)28(37)32-17-29(2,38)18-34-9-7-20-10-24(5-4-22(20)13-34)39-16-25-12-30-19-40-25/h4-6,8,10-12,19,23,38H,3,7,9,13-18H2,1-2H3,(H,31,33)(H,32,37)/t29-/m1/s1. The van der Waals surface area contributed by atoms with Crippen LogP contribution >= 0.6 is 0 Å². The molecule has 212 valence electrons. The molecule has 11 heteroatoms.